The van der Waals surface area contributed by atoms with Gasteiger partial charge < -0.3 is 0 Å². The van der Waals surface area contributed by atoms with Gasteiger partial charge in [-0.05, 0) is 0 Å². The number of nitrogens with zero attached hydrogens (tertiary/aromatic N) is 4. The van der Waals surface area contributed by atoms with Crippen molar-refractivity contribution in [3.63, 3.8) is 0 Å². The average Bonchev–Trinajstić information content (AvgIpc) is 3.25. The van der Waals surface area contributed by atoms with Crippen LogP contribution in [0.4, 0.5) is 229 Å². The zero-order chi connectivity index (χ0) is 70.1. The molecule has 0 radical (unpaired) electrons. The third kappa shape index (κ3) is 7.39. The molecule has 4 bridgehead atoms. The standard InChI is InChI=1S/C26F52N4O4/c27-5(28)1(83-23(63,64)15(47,79(71)72)11(39,40)19(51,52)53)6(29,30)3(85-25(67,68)17(49,81(75)76)13(43,44)21(57,58)59)8(33,34)2(5,84-24(65,66)16(48,80(73)74)12(41,42)20(54,55)56)9(35,36)4(7(1,31)32,10(3,37)38)86-26(69,70)18(50,82(77)78)14(45,46)22(60,61)62. The van der Waals surface area contributed by atoms with Crippen LogP contribution in [0.5, 0.6) is 0 Å². The van der Waals surface area contributed by atoms with Crippen molar-refractivity contribution in [3.8, 4) is 0 Å². The van der Waals surface area contributed by atoms with Crippen molar-refractivity contribution < 1.29 is 248 Å². The average molecular weight is 1420 g/mol. The Balaban J connectivity index is 3.37. The predicted octanol–water partition coefficient (Wildman–Crippen LogP) is 15.0. The maximum absolute atomic E-state index is 17.0. The van der Waals surface area contributed by atoms with Crippen molar-refractivity contribution in [2.45, 2.75) is 154 Å². The molecule has 512 valence electrons. The van der Waals surface area contributed by atoms with E-state index in [1.54, 1.807) is 0 Å². The first kappa shape index (κ1) is 76.3. The van der Waals surface area contributed by atoms with E-state index in [9.17, 15) is 124 Å². The van der Waals surface area contributed by atoms with Crippen LogP contribution in [0.2, 0.25) is 0 Å². The third-order valence-electron chi connectivity index (χ3n) is 12.0. The molecule has 0 aliphatic heterocycles. The number of halogens is 52. The summed E-state index contributed by atoms with van der Waals surface area (Å²) in [5.41, 5.74) is -47.0. The van der Waals surface area contributed by atoms with E-state index in [0.29, 0.717) is 18.9 Å². The topological polar surface area (TPSA) is 49.9 Å². The Morgan fingerprint density at radius 3 is 0.349 bits per heavy atom. The predicted molar refractivity (Wildman–Crippen MR) is 140 cm³/mol. The molecule has 0 spiro atoms. The van der Waals surface area contributed by atoms with Gasteiger partial charge in [0.2, 0.25) is 0 Å². The summed E-state index contributed by atoms with van der Waals surface area (Å²) in [6.07, 6.45) is -80.9. The number of alkyl halides is 44. The van der Waals surface area contributed by atoms with E-state index in [2.05, 4.69) is 0 Å². The van der Waals surface area contributed by atoms with Gasteiger partial charge in [0.25, 0.3) is 22.4 Å². The lowest BCUT2D eigenvalue weighted by molar-refractivity contribution is -0.694. The first-order valence-electron chi connectivity index (χ1n) is 18.2. The van der Waals surface area contributed by atoms with Crippen LogP contribution in [0.1, 0.15) is 0 Å². The number of ether oxygens (including phenoxy) is 4. The van der Waals surface area contributed by atoms with E-state index in [0.717, 1.165) is 0 Å². The summed E-state index contributed by atoms with van der Waals surface area (Å²) in [5, 5.41) is -23.6. The van der Waals surface area contributed by atoms with Crippen molar-refractivity contribution in [2.75, 3.05) is 0 Å². The third-order valence-corrected chi connectivity index (χ3v) is 12.0. The fourth-order valence-electron chi connectivity index (χ4n) is 7.96. The fraction of sp³-hybridized carbons (Fsp3) is 1.00. The quantitative estimate of drug-likeness (QED) is 0.0679. The summed E-state index contributed by atoms with van der Waals surface area (Å²) in [6.45, 7) is 0. The number of rotatable bonds is 20. The second-order valence-corrected chi connectivity index (χ2v) is 16.4. The van der Waals surface area contributed by atoms with Crippen LogP contribution in [0.3, 0.4) is 0 Å². The normalized spacial score (nSPS) is 30.4. The van der Waals surface area contributed by atoms with Crippen LogP contribution >= 0.6 is 0 Å². The molecule has 0 aromatic carbocycles. The van der Waals surface area contributed by atoms with Gasteiger partial charge in [-0.1, -0.05) is 35.9 Å². The van der Waals surface area contributed by atoms with Crippen molar-refractivity contribution in [3.05, 3.63) is 0 Å². The molecule has 0 amide bonds. The van der Waals surface area contributed by atoms with Crippen LogP contribution in [0.25, 0.3) is 0 Å². The van der Waals surface area contributed by atoms with Gasteiger partial charge in [-0.2, -0.15) is 176 Å². The Hall–Kier alpha value is -3.96. The molecule has 4 aliphatic rings. The summed E-state index contributed by atoms with van der Waals surface area (Å²) in [5.74, 6) is -151. The van der Waals surface area contributed by atoms with Crippen LogP contribution in [0.15, 0.2) is 0 Å². The molecule has 4 saturated carbocycles. The Labute approximate surface area is 424 Å². The van der Waals surface area contributed by atoms with E-state index < -0.39 is 175 Å². The van der Waals surface area contributed by atoms with E-state index >= 15 is 105 Å². The minimum Gasteiger partial charge on any atom is -0.290 e. The first-order chi connectivity index (χ1) is 36.6. The molecule has 8 nitrogen and oxygen atoms in total. The molecule has 86 heavy (non-hydrogen) atoms. The van der Waals surface area contributed by atoms with Crippen LogP contribution in [-0.2, 0) is 18.9 Å². The summed E-state index contributed by atoms with van der Waals surface area (Å²) in [4.78, 5) is 0. The molecule has 0 aromatic heterocycles. The lowest BCUT2D eigenvalue weighted by Gasteiger charge is -2.79. The molecule has 4 aliphatic carbocycles. The molecular formula is C26F52N4O4. The maximum Gasteiger partial charge on any atom is 0.458 e. The number of hydrogen-bond donors (Lipinski definition) is 0. The van der Waals surface area contributed by atoms with Crippen molar-refractivity contribution >= 4 is 0 Å². The monoisotopic (exact) mass is 1420 g/mol. The number of hydrogen-bond acceptors (Lipinski definition) is 8. The highest BCUT2D eigenvalue weighted by Gasteiger charge is 3.25. The second kappa shape index (κ2) is 18.4. The van der Waals surface area contributed by atoms with Gasteiger partial charge in [0, 0.05) is 0 Å². The van der Waals surface area contributed by atoms with Gasteiger partial charge in [-0.3, -0.25) is 18.9 Å². The molecular weight excluding hydrogens is 1420 g/mol. The molecule has 4 unspecified atom stereocenters. The van der Waals surface area contributed by atoms with Gasteiger partial charge in [0.05, 0.1) is 21.4 Å². The largest absolute Gasteiger partial charge is 0.458 e. The van der Waals surface area contributed by atoms with Crippen LogP contribution in [0, 0.1) is 0 Å². The highest BCUT2D eigenvalue weighted by Crippen LogP contribution is 2.91. The molecule has 4 fully saturated rings. The van der Waals surface area contributed by atoms with E-state index in [4.69, 9.17) is 0 Å². The Bertz CT molecular complexity index is 2140. The van der Waals surface area contributed by atoms with E-state index in [-0.39, 0.29) is 0 Å². The van der Waals surface area contributed by atoms with Gasteiger partial charge in [-0.25, -0.2) is 17.6 Å². The Morgan fingerprint density at radius 1 is 0.186 bits per heavy atom. The van der Waals surface area contributed by atoms with Crippen molar-refractivity contribution in [1.82, 2.24) is 21.4 Å². The fourth-order valence-corrected chi connectivity index (χ4v) is 7.96. The van der Waals surface area contributed by atoms with Gasteiger partial charge in [0.15, 0.2) is 0 Å². The summed E-state index contributed by atoms with van der Waals surface area (Å²) >= 11 is 0. The maximum atomic E-state index is 17.0. The van der Waals surface area contributed by atoms with Crippen molar-refractivity contribution in [2.24, 2.45) is 0 Å². The lowest BCUT2D eigenvalue weighted by Crippen LogP contribution is -3.13. The summed E-state index contributed by atoms with van der Waals surface area (Å²) in [6, 6.07) is 0. The lowest BCUT2D eigenvalue weighted by atomic mass is 9.38. The second-order valence-electron chi connectivity index (χ2n) is 16.4. The zero-order valence-corrected chi connectivity index (χ0v) is 36.1. The Kier molecular flexibility index (Phi) is 16.3. The summed E-state index contributed by atoms with van der Waals surface area (Å²) < 4.78 is 773. The van der Waals surface area contributed by atoms with Crippen LogP contribution < -0.4 is 0 Å². The van der Waals surface area contributed by atoms with Gasteiger partial charge in [-0.15, -0.1) is 0 Å². The minimum absolute atomic E-state index is 0.578. The SMILES string of the molecule is FN(F)C(F)(C(F)(F)OC12C(F)(F)C3(OC(F)(F)C(F)(N(F)F)C(F)(F)C(F)(F)F)C(F)(F)C(OC(F)(F)C(F)(N(F)F)C(F)(F)C(F)(F)F)(C1(F)F)C(F)(F)C(OC(F)(F)C(F)(N(F)F)C(F)(F)C(F)(F)F)(C2(F)F)C3(F)F)C(F)(F)C(F)(F)F. The van der Waals surface area contributed by atoms with E-state index in [1.165, 1.54) is 0 Å². The molecule has 4 atom stereocenters. The molecule has 0 N–H and O–H groups in total. The molecule has 0 heterocycles. The van der Waals surface area contributed by atoms with Crippen LogP contribution in [-0.4, -0.2) is 175 Å². The molecule has 60 heteroatoms. The van der Waals surface area contributed by atoms with E-state index in [1.807, 2.05) is 0 Å². The molecule has 4 rings (SSSR count). The molecule has 0 saturated heterocycles. The Morgan fingerprint density at radius 2 is 0.279 bits per heavy atom. The molecule has 0 aromatic rings. The van der Waals surface area contributed by atoms with Crippen molar-refractivity contribution in [1.29, 1.82) is 0 Å². The minimum atomic E-state index is -11.8. The first-order valence-corrected chi connectivity index (χ1v) is 18.2. The van der Waals surface area contributed by atoms with Gasteiger partial charge >= 0.3 is 132 Å². The zero-order valence-electron chi connectivity index (χ0n) is 36.1. The highest BCUT2D eigenvalue weighted by atomic mass is 19.5. The highest BCUT2D eigenvalue weighted by molar-refractivity contribution is 5.56. The smallest absolute Gasteiger partial charge is 0.290 e. The summed E-state index contributed by atoms with van der Waals surface area (Å²) in [7, 11) is 0. The van der Waals surface area contributed by atoms with Gasteiger partial charge in [0.1, 0.15) is 0 Å².